The van der Waals surface area contributed by atoms with Gasteiger partial charge in [-0.1, -0.05) is 19.9 Å². The Labute approximate surface area is 560 Å². The fraction of sp³-hybridized carbons (Fsp3) is 0.951. The van der Waals surface area contributed by atoms with Gasteiger partial charge >= 0.3 is 5.97 Å². The van der Waals surface area contributed by atoms with Crippen LogP contribution in [-0.4, -0.2) is 379 Å². The van der Waals surface area contributed by atoms with E-state index in [0.29, 0.717) is 44.1 Å². The standard InChI is InChI=1S/C61H98O37/c1-20-11-60-9-5-28-58(2,29(60)6-10-61(20,19-60)98-56-49(96-54-43(82)39(78)33(72)25(15-65)89-54)47(35(74)27(17-67)91-56)94-53-42(81)38(77)32(71)24(14-64)88-53)7-4-8-59(28,3)57(84)97-55-48(46(34(73)26(16-66)90-55)93-52-41(80)37(76)31(70)23(13-63)87-52)95-50-44(83)45(21(68)18-85-50)92-51-40(79)36(75)30(69)22(12-62)86-51/h21-56,62-83H,1,4-19H2,2-3H3/t21?,22?,23?,24?,25?,26?,27?,28-,29-,30?,31?,32?,33?,34?,35?,36?,37?,38?,39?,40?,41?,42?,43?,44?,45?,46?,47?,48?,49?,50?,51?,52?,53?,54?,55?,56?,58+,59+,60+,61-/m0/s1. The summed E-state index contributed by atoms with van der Waals surface area (Å²) in [4.78, 5) is 15.6. The molecule has 0 aromatic carbocycles. The van der Waals surface area contributed by atoms with Crippen LogP contribution >= 0.6 is 0 Å². The number of aliphatic hydroxyl groups excluding tert-OH is 22. The Balaban J connectivity index is 0.861. The molecule has 37 nitrogen and oxygen atoms in total. The van der Waals surface area contributed by atoms with Crippen LogP contribution in [0.25, 0.3) is 0 Å². The first-order valence-electron chi connectivity index (χ1n) is 33.3. The van der Waals surface area contributed by atoms with Crippen molar-refractivity contribution in [2.45, 2.75) is 286 Å². The molecule has 7 heterocycles. The van der Waals surface area contributed by atoms with E-state index in [2.05, 4.69) is 13.5 Å². The topological polar surface area (TPSA) is 591 Å². The first-order valence-corrected chi connectivity index (χ1v) is 33.3. The van der Waals surface area contributed by atoms with Crippen molar-refractivity contribution in [3.63, 3.8) is 0 Å². The molecule has 11 aliphatic rings. The summed E-state index contributed by atoms with van der Waals surface area (Å²) >= 11 is 0. The Morgan fingerprint density at radius 2 is 0.796 bits per heavy atom. The van der Waals surface area contributed by atoms with E-state index in [1.807, 2.05) is 0 Å². The van der Waals surface area contributed by atoms with E-state index in [4.69, 9.17) is 66.3 Å². The van der Waals surface area contributed by atoms with Gasteiger partial charge in [-0.25, -0.2) is 0 Å². The molecule has 98 heavy (non-hydrogen) atoms. The van der Waals surface area contributed by atoms with Crippen LogP contribution < -0.4 is 0 Å². The minimum atomic E-state index is -2.14. The van der Waals surface area contributed by atoms with Crippen molar-refractivity contribution in [1.82, 2.24) is 0 Å². The number of carbonyl (C=O) groups is 1. The van der Waals surface area contributed by atoms with Gasteiger partial charge in [0.05, 0.1) is 57.3 Å². The lowest BCUT2D eigenvalue weighted by molar-refractivity contribution is -0.400. The highest BCUT2D eigenvalue weighted by atomic mass is 16.8. The fourth-order valence-electron chi connectivity index (χ4n) is 17.6. The Morgan fingerprint density at radius 1 is 0.418 bits per heavy atom. The predicted octanol–water partition coefficient (Wildman–Crippen LogP) is -11.0. The van der Waals surface area contributed by atoms with Crippen molar-refractivity contribution in [3.05, 3.63) is 12.2 Å². The van der Waals surface area contributed by atoms with Crippen molar-refractivity contribution >= 4 is 5.97 Å². The summed E-state index contributed by atoms with van der Waals surface area (Å²) in [6.07, 6.45) is -60.3. The molecule has 1 spiro atoms. The van der Waals surface area contributed by atoms with Gasteiger partial charge in [0.25, 0.3) is 0 Å². The van der Waals surface area contributed by atoms with E-state index in [1.165, 1.54) is 0 Å². The lowest BCUT2D eigenvalue weighted by Gasteiger charge is -2.64. The predicted molar refractivity (Wildman–Crippen MR) is 311 cm³/mol. The third kappa shape index (κ3) is 13.7. The molecule has 4 aliphatic carbocycles. The second-order valence-corrected chi connectivity index (χ2v) is 28.8. The van der Waals surface area contributed by atoms with Crippen LogP contribution in [0, 0.1) is 28.1 Å². The van der Waals surface area contributed by atoms with Gasteiger partial charge in [0.15, 0.2) is 43.8 Å². The summed E-state index contributed by atoms with van der Waals surface area (Å²) in [7, 11) is 0. The Morgan fingerprint density at radius 3 is 1.24 bits per heavy atom. The monoisotopic (exact) mass is 1420 g/mol. The molecule has 37 heteroatoms. The van der Waals surface area contributed by atoms with E-state index in [-0.39, 0.29) is 25.2 Å². The number of hydrogen-bond acceptors (Lipinski definition) is 37. The Kier molecular flexibility index (Phi) is 23.8. The number of hydrogen-bond donors (Lipinski definition) is 22. The van der Waals surface area contributed by atoms with Gasteiger partial charge in [0.1, 0.15) is 159 Å². The van der Waals surface area contributed by atoms with Gasteiger partial charge in [0.2, 0.25) is 6.29 Å². The molecule has 0 radical (unpaired) electrons. The van der Waals surface area contributed by atoms with Crippen LogP contribution in [0.5, 0.6) is 0 Å². The van der Waals surface area contributed by atoms with Crippen molar-refractivity contribution < 1.29 is 183 Å². The molecule has 0 aromatic rings. The largest absolute Gasteiger partial charge is 0.432 e. The van der Waals surface area contributed by atoms with Crippen molar-refractivity contribution in [1.29, 1.82) is 0 Å². The third-order valence-corrected chi connectivity index (χ3v) is 23.0. The quantitative estimate of drug-likeness (QED) is 0.0306. The van der Waals surface area contributed by atoms with Gasteiger partial charge in [-0.15, -0.1) is 0 Å². The zero-order chi connectivity index (χ0) is 71.2. The maximum atomic E-state index is 15.6. The van der Waals surface area contributed by atoms with Crippen molar-refractivity contribution in [2.24, 2.45) is 28.1 Å². The van der Waals surface area contributed by atoms with E-state index in [9.17, 15) is 112 Å². The normalized spacial score (nSPS) is 54.6. The Bertz CT molecular complexity index is 2670. The molecule has 11 rings (SSSR count). The molecule has 11 fully saturated rings. The van der Waals surface area contributed by atoms with E-state index >= 15 is 4.79 Å². The summed E-state index contributed by atoms with van der Waals surface area (Å²) in [6, 6.07) is 0. The highest BCUT2D eigenvalue weighted by Crippen LogP contribution is 2.74. The summed E-state index contributed by atoms with van der Waals surface area (Å²) < 4.78 is 84.8. The van der Waals surface area contributed by atoms with E-state index in [0.717, 1.165) is 0 Å². The second kappa shape index (κ2) is 30.3. The van der Waals surface area contributed by atoms with Gasteiger partial charge in [-0.3, -0.25) is 4.79 Å². The highest BCUT2D eigenvalue weighted by Gasteiger charge is 2.70. The number of fused-ring (bicyclic) bond motifs is 3. The maximum Gasteiger partial charge on any atom is 0.314 e. The Hall–Kier alpha value is -2.19. The summed E-state index contributed by atoms with van der Waals surface area (Å²) in [5, 5.41) is 238. The lowest BCUT2D eigenvalue weighted by Crippen LogP contribution is -2.68. The highest BCUT2D eigenvalue weighted by molar-refractivity contribution is 5.77. The molecule has 7 saturated heterocycles. The number of ether oxygens (including phenoxy) is 14. The molecular formula is C61H98O37. The van der Waals surface area contributed by atoms with Gasteiger partial charge in [-0.2, -0.15) is 0 Å². The molecule has 4 saturated carbocycles. The molecule has 22 N–H and O–H groups in total. The molecule has 2 bridgehead atoms. The molecule has 7 aliphatic heterocycles. The average molecular weight is 1420 g/mol. The fourth-order valence-corrected chi connectivity index (χ4v) is 17.6. The third-order valence-electron chi connectivity index (χ3n) is 23.0. The first-order chi connectivity index (χ1) is 46.4. The van der Waals surface area contributed by atoms with Crippen LogP contribution in [0.15, 0.2) is 12.2 Å². The number of rotatable bonds is 20. The van der Waals surface area contributed by atoms with Gasteiger partial charge in [0, 0.05) is 0 Å². The average Bonchev–Trinajstić information content (AvgIpc) is 1.43. The number of carbonyl (C=O) groups excluding carboxylic acids is 1. The molecular weight excluding hydrogens is 1320 g/mol. The van der Waals surface area contributed by atoms with E-state index < -0.39 is 289 Å². The summed E-state index contributed by atoms with van der Waals surface area (Å²) in [5.74, 6) is -1.55. The van der Waals surface area contributed by atoms with Crippen molar-refractivity contribution in [3.8, 4) is 0 Å². The minimum absolute atomic E-state index is 0.189. The summed E-state index contributed by atoms with van der Waals surface area (Å²) in [6.45, 7) is 2.22. The van der Waals surface area contributed by atoms with Gasteiger partial charge in [-0.05, 0) is 86.5 Å². The molecule has 0 amide bonds. The van der Waals surface area contributed by atoms with Crippen molar-refractivity contribution in [2.75, 3.05) is 46.2 Å². The number of esters is 1. The summed E-state index contributed by atoms with van der Waals surface area (Å²) in [5.41, 5.74) is -3.41. The molecule has 0 aromatic heterocycles. The molecule has 34 unspecified atom stereocenters. The lowest BCUT2D eigenvalue weighted by atomic mass is 9.41. The number of aliphatic hydroxyl groups is 22. The molecule has 40 atom stereocenters. The van der Waals surface area contributed by atoms with Crippen LogP contribution in [0.1, 0.15) is 71.6 Å². The zero-order valence-corrected chi connectivity index (χ0v) is 53.8. The van der Waals surface area contributed by atoms with Crippen LogP contribution in [0.4, 0.5) is 0 Å². The first kappa shape index (κ1) is 76.9. The SMILES string of the molecule is C=C1C[C@@]23CC[C@H]4[C@@](C)(CCC[C@@]4(C)C(=O)OC4OC(CO)C(O)C(OC5OC(CO)C(O)C(O)C5O)C4OC4OCC(O)C(OC5OC(CO)C(O)C(O)C5O)C4O)[C@@H]2CC[C@]1(OC1OC(CO)C(O)C(OC2OC(CO)C(O)C(O)C2O)C1OC1OC(CO)C(O)C(O)C1O)C3. The molecule has 564 valence electrons. The van der Waals surface area contributed by atoms with Crippen LogP contribution in [-0.2, 0) is 71.1 Å². The maximum absolute atomic E-state index is 15.6. The van der Waals surface area contributed by atoms with E-state index in [1.54, 1.807) is 6.92 Å². The zero-order valence-electron chi connectivity index (χ0n) is 53.8. The minimum Gasteiger partial charge on any atom is -0.432 e. The van der Waals surface area contributed by atoms with Crippen LogP contribution in [0.2, 0.25) is 0 Å². The van der Waals surface area contributed by atoms with Gasteiger partial charge < -0.3 is 179 Å². The smallest absolute Gasteiger partial charge is 0.314 e. The second-order valence-electron chi connectivity index (χ2n) is 28.8. The van der Waals surface area contributed by atoms with Crippen LogP contribution in [0.3, 0.4) is 0 Å².